The summed E-state index contributed by atoms with van der Waals surface area (Å²) in [6.07, 6.45) is 1.44. The van der Waals surface area contributed by atoms with Crippen LogP contribution in [0.4, 0.5) is 0 Å². The van der Waals surface area contributed by atoms with Crippen molar-refractivity contribution in [3.63, 3.8) is 0 Å². The van der Waals surface area contributed by atoms with Crippen LogP contribution in [0.1, 0.15) is 5.56 Å². The summed E-state index contributed by atoms with van der Waals surface area (Å²) in [6, 6.07) is 6.85. The van der Waals surface area contributed by atoms with Crippen LogP contribution in [0.25, 0.3) is 0 Å². The van der Waals surface area contributed by atoms with Crippen LogP contribution >= 0.6 is 10.1 Å². The molecule has 13 heavy (non-hydrogen) atoms. The average molecular weight is 216 g/mol. The summed E-state index contributed by atoms with van der Waals surface area (Å²) in [5.41, 5.74) is 0.730. The van der Waals surface area contributed by atoms with Gasteiger partial charge in [0.2, 0.25) is 0 Å². The molecule has 4 nitrogen and oxygen atoms in total. The normalized spacial score (nSPS) is 23.0. The van der Waals surface area contributed by atoms with E-state index in [2.05, 4.69) is 4.40 Å². The van der Waals surface area contributed by atoms with E-state index in [9.17, 15) is 13.0 Å². The largest absolute Gasteiger partial charge is 0.351 e. The van der Waals surface area contributed by atoms with Crippen molar-refractivity contribution in [3.8, 4) is 0 Å². The molecule has 0 saturated carbocycles. The van der Waals surface area contributed by atoms with Gasteiger partial charge in [-0.3, -0.25) is 0 Å². The van der Waals surface area contributed by atoms with Gasteiger partial charge in [-0.1, -0.05) is 22.8 Å². The molecule has 1 atom stereocenters. The molecule has 0 saturated heterocycles. The second kappa shape index (κ2) is 2.83. The highest BCUT2D eigenvalue weighted by atomic mass is 33.2. The molecule has 6 heteroatoms. The minimum atomic E-state index is -4.30. The molecule has 1 aromatic carbocycles. The van der Waals surface area contributed by atoms with Crippen LogP contribution in [0.2, 0.25) is 0 Å². The van der Waals surface area contributed by atoms with E-state index in [1.165, 1.54) is 6.21 Å². The molecule has 0 bridgehead atoms. The molecule has 0 spiro atoms. The van der Waals surface area contributed by atoms with Gasteiger partial charge in [0.25, 0.3) is 0 Å². The fraction of sp³-hybridized carbons (Fsp3) is 0. The lowest BCUT2D eigenvalue weighted by molar-refractivity contribution is 0.431. The van der Waals surface area contributed by atoms with E-state index >= 15 is 0 Å². The fourth-order valence-electron chi connectivity index (χ4n) is 1.13. The highest BCUT2D eigenvalue weighted by molar-refractivity contribution is 8.78. The maximum atomic E-state index is 10.8. The number of thiol groups is 1. The third-order valence-corrected chi connectivity index (χ3v) is 5.37. The lowest BCUT2D eigenvalue weighted by Gasteiger charge is -2.07. The predicted molar refractivity (Wildman–Crippen MR) is 50.9 cm³/mol. The van der Waals surface area contributed by atoms with Gasteiger partial charge in [0.1, 0.15) is 0 Å². The molecule has 1 aromatic rings. The second-order valence-corrected chi connectivity index (χ2v) is 7.00. The SMILES string of the molecule is [O]S(=O)(=O)[SH]1N=Cc2ccccc21. The van der Waals surface area contributed by atoms with Crippen molar-refractivity contribution < 1.29 is 13.0 Å². The minimum absolute atomic E-state index is 0.535. The second-order valence-electron chi connectivity index (χ2n) is 2.50. The van der Waals surface area contributed by atoms with E-state index in [0.717, 1.165) is 5.56 Å². The monoisotopic (exact) mass is 216 g/mol. The van der Waals surface area contributed by atoms with E-state index in [1.807, 2.05) is 0 Å². The Labute approximate surface area is 77.9 Å². The van der Waals surface area contributed by atoms with Gasteiger partial charge in [-0.05, 0) is 6.07 Å². The zero-order valence-corrected chi connectivity index (χ0v) is 8.13. The molecule has 69 valence electrons. The Bertz CT molecular complexity index is 466. The Hall–Kier alpha value is -0.850. The first-order chi connectivity index (χ1) is 6.09. The molecule has 2 rings (SSSR count). The molecule has 1 unspecified atom stereocenters. The summed E-state index contributed by atoms with van der Waals surface area (Å²) in [5, 5.41) is 0. The van der Waals surface area contributed by atoms with Crippen LogP contribution in [0, 0.1) is 0 Å². The smallest absolute Gasteiger partial charge is 0.227 e. The number of hydrogen-bond donors (Lipinski definition) is 1. The van der Waals surface area contributed by atoms with Crippen molar-refractivity contribution >= 4 is 25.5 Å². The number of nitrogens with zero attached hydrogens (tertiary/aromatic N) is 1. The lowest BCUT2D eigenvalue weighted by atomic mass is 10.2. The third-order valence-electron chi connectivity index (χ3n) is 1.66. The standard InChI is InChI=1S/C7H6NO3S2/c9-13(10,11)12-7-4-2-1-3-6(7)5-8-12/h1-5,12H. The van der Waals surface area contributed by atoms with Crippen molar-refractivity contribution in [1.82, 2.24) is 0 Å². The van der Waals surface area contributed by atoms with Crippen molar-refractivity contribution in [2.45, 2.75) is 4.90 Å². The van der Waals surface area contributed by atoms with Crippen LogP contribution in [0.5, 0.6) is 0 Å². The van der Waals surface area contributed by atoms with Crippen molar-refractivity contribution in [2.75, 3.05) is 0 Å². The first kappa shape index (κ1) is 8.74. The Morgan fingerprint density at radius 1 is 1.23 bits per heavy atom. The first-order valence-corrected chi connectivity index (χ1v) is 6.79. The molecular formula is C7H6NO3S2. The van der Waals surface area contributed by atoms with Gasteiger partial charge >= 0.3 is 9.15 Å². The summed E-state index contributed by atoms with van der Waals surface area (Å²) in [4.78, 5) is 0.535. The molecule has 0 aromatic heterocycles. The topological polar surface area (TPSA) is 66.4 Å². The van der Waals surface area contributed by atoms with Crippen LogP contribution in [-0.4, -0.2) is 14.6 Å². The number of rotatable bonds is 1. The molecule has 0 amide bonds. The van der Waals surface area contributed by atoms with E-state index < -0.39 is 19.3 Å². The fourth-order valence-corrected chi connectivity index (χ4v) is 4.11. The van der Waals surface area contributed by atoms with Crippen molar-refractivity contribution in [1.29, 1.82) is 0 Å². The maximum Gasteiger partial charge on any atom is 0.351 e. The molecule has 0 aliphatic carbocycles. The predicted octanol–water partition coefficient (Wildman–Crippen LogP) is 1.07. The van der Waals surface area contributed by atoms with Gasteiger partial charge < -0.3 is 0 Å². The average Bonchev–Trinajstić information content (AvgIpc) is 2.45. The van der Waals surface area contributed by atoms with Crippen LogP contribution in [-0.2, 0) is 13.7 Å². The van der Waals surface area contributed by atoms with E-state index in [-0.39, 0.29) is 0 Å². The Balaban J connectivity index is 2.57. The van der Waals surface area contributed by atoms with Gasteiger partial charge in [0.05, 0.1) is 0 Å². The minimum Gasteiger partial charge on any atom is -0.227 e. The molecule has 0 fully saturated rings. The zero-order chi connectivity index (χ0) is 9.47. The number of fused-ring (bicyclic) bond motifs is 1. The molecule has 1 heterocycles. The van der Waals surface area contributed by atoms with E-state index in [4.69, 9.17) is 0 Å². The van der Waals surface area contributed by atoms with E-state index in [0.29, 0.717) is 4.90 Å². The Morgan fingerprint density at radius 3 is 2.62 bits per heavy atom. The molecule has 1 radical (unpaired) electrons. The Morgan fingerprint density at radius 2 is 1.92 bits per heavy atom. The summed E-state index contributed by atoms with van der Waals surface area (Å²) < 4.78 is 36.0. The summed E-state index contributed by atoms with van der Waals surface area (Å²) in [7, 11) is -6.21. The summed E-state index contributed by atoms with van der Waals surface area (Å²) in [5.74, 6) is 0. The number of hydrogen-bond acceptors (Lipinski definition) is 3. The van der Waals surface area contributed by atoms with Gasteiger partial charge in [0, 0.05) is 26.8 Å². The van der Waals surface area contributed by atoms with Crippen molar-refractivity contribution in [2.24, 2.45) is 4.40 Å². The Kier molecular flexibility index (Phi) is 1.90. The van der Waals surface area contributed by atoms with Gasteiger partial charge in [0.15, 0.2) is 0 Å². The van der Waals surface area contributed by atoms with Crippen molar-refractivity contribution in [3.05, 3.63) is 29.8 Å². The van der Waals surface area contributed by atoms with Gasteiger partial charge in [-0.15, -0.1) is 0 Å². The van der Waals surface area contributed by atoms with Gasteiger partial charge in [-0.2, -0.15) is 8.42 Å². The third kappa shape index (κ3) is 1.48. The van der Waals surface area contributed by atoms with Crippen LogP contribution in [0.15, 0.2) is 33.6 Å². The highest BCUT2D eigenvalue weighted by Gasteiger charge is 2.26. The molecular weight excluding hydrogens is 210 g/mol. The number of benzene rings is 1. The van der Waals surface area contributed by atoms with E-state index in [1.54, 1.807) is 24.3 Å². The first-order valence-electron chi connectivity index (χ1n) is 3.48. The zero-order valence-electron chi connectivity index (χ0n) is 6.41. The lowest BCUT2D eigenvalue weighted by Crippen LogP contribution is -1.93. The van der Waals surface area contributed by atoms with Crippen LogP contribution in [0.3, 0.4) is 0 Å². The van der Waals surface area contributed by atoms with Crippen LogP contribution < -0.4 is 0 Å². The van der Waals surface area contributed by atoms with Gasteiger partial charge in [-0.25, -0.2) is 4.40 Å². The molecule has 0 N–H and O–H groups in total. The molecule has 1 aliphatic heterocycles. The maximum absolute atomic E-state index is 10.8. The molecule has 1 aliphatic rings. The summed E-state index contributed by atoms with van der Waals surface area (Å²) >= 11 is 0. The quantitative estimate of drug-likeness (QED) is 0.563. The highest BCUT2D eigenvalue weighted by Crippen LogP contribution is 2.47. The summed E-state index contributed by atoms with van der Waals surface area (Å²) in [6.45, 7) is 0.